The van der Waals surface area contributed by atoms with E-state index in [0.29, 0.717) is 23.2 Å². The van der Waals surface area contributed by atoms with Crippen molar-refractivity contribution < 1.29 is 10.2 Å². The van der Waals surface area contributed by atoms with Gasteiger partial charge in [-0.2, -0.15) is 0 Å². The van der Waals surface area contributed by atoms with Crippen molar-refractivity contribution in [2.45, 2.75) is 130 Å². The molecule has 9 atom stereocenters. The number of unbranched alkanes of at least 4 members (excludes halogenated alkanes) is 3. The van der Waals surface area contributed by atoms with E-state index < -0.39 is 0 Å². The summed E-state index contributed by atoms with van der Waals surface area (Å²) in [6, 6.07) is 0. The van der Waals surface area contributed by atoms with Crippen LogP contribution in [0.25, 0.3) is 0 Å². The lowest BCUT2D eigenvalue weighted by Gasteiger charge is -2.59. The summed E-state index contributed by atoms with van der Waals surface area (Å²) >= 11 is 0. The van der Waals surface area contributed by atoms with Gasteiger partial charge >= 0.3 is 0 Å². The third kappa shape index (κ3) is 4.49. The Morgan fingerprint density at radius 2 is 1.59 bits per heavy atom. The largest absolute Gasteiger partial charge is 0.393 e. The van der Waals surface area contributed by atoms with Gasteiger partial charge in [0.05, 0.1) is 12.2 Å². The number of hydrogen-bond donors (Lipinski definition) is 2. The summed E-state index contributed by atoms with van der Waals surface area (Å²) in [6.45, 7) is 12.3. The molecule has 32 heavy (non-hydrogen) atoms. The van der Waals surface area contributed by atoms with Gasteiger partial charge in [-0.25, -0.2) is 0 Å². The molecule has 2 N–H and O–H groups in total. The van der Waals surface area contributed by atoms with Crippen LogP contribution in [0.2, 0.25) is 0 Å². The van der Waals surface area contributed by atoms with Gasteiger partial charge in [0.25, 0.3) is 0 Å². The van der Waals surface area contributed by atoms with Gasteiger partial charge in [0.1, 0.15) is 0 Å². The van der Waals surface area contributed by atoms with E-state index in [1.54, 1.807) is 0 Å². The Morgan fingerprint density at radius 1 is 0.875 bits per heavy atom. The molecule has 0 aliphatic heterocycles. The van der Waals surface area contributed by atoms with E-state index in [1.807, 2.05) is 0 Å². The van der Waals surface area contributed by atoms with Crippen molar-refractivity contribution in [3.63, 3.8) is 0 Å². The van der Waals surface area contributed by atoms with Crippen LogP contribution in [0.4, 0.5) is 0 Å². The van der Waals surface area contributed by atoms with E-state index in [1.165, 1.54) is 69.8 Å². The van der Waals surface area contributed by atoms with E-state index in [-0.39, 0.29) is 17.6 Å². The number of aliphatic hydroxyl groups is 2. The van der Waals surface area contributed by atoms with Crippen LogP contribution in [0.5, 0.6) is 0 Å². The molecule has 2 nitrogen and oxygen atoms in total. The van der Waals surface area contributed by atoms with Gasteiger partial charge in [-0.05, 0) is 91.3 Å². The molecule has 0 saturated heterocycles. The summed E-state index contributed by atoms with van der Waals surface area (Å²) in [5, 5.41) is 21.6. The fourth-order valence-corrected chi connectivity index (χ4v) is 9.18. The topological polar surface area (TPSA) is 40.5 Å². The normalized spacial score (nSPS) is 44.6. The van der Waals surface area contributed by atoms with Crippen molar-refractivity contribution in [1.29, 1.82) is 0 Å². The zero-order chi connectivity index (χ0) is 23.1. The molecule has 0 aromatic rings. The summed E-state index contributed by atoms with van der Waals surface area (Å²) in [5.74, 6) is 4.23. The van der Waals surface area contributed by atoms with Gasteiger partial charge in [0.2, 0.25) is 0 Å². The highest BCUT2D eigenvalue weighted by molar-refractivity contribution is 5.27. The van der Waals surface area contributed by atoms with Crippen LogP contribution in [-0.4, -0.2) is 22.4 Å². The van der Waals surface area contributed by atoms with Gasteiger partial charge < -0.3 is 10.2 Å². The molecule has 0 heterocycles. The van der Waals surface area contributed by atoms with Crippen molar-refractivity contribution in [1.82, 2.24) is 0 Å². The Morgan fingerprint density at radius 3 is 2.31 bits per heavy atom. The van der Waals surface area contributed by atoms with Gasteiger partial charge in [-0.1, -0.05) is 84.8 Å². The van der Waals surface area contributed by atoms with Gasteiger partial charge in [-0.3, -0.25) is 0 Å². The Hall–Kier alpha value is -0.340. The number of aliphatic hydroxyl groups excluding tert-OH is 2. The fraction of sp³-hybridized carbons (Fsp3) is 0.933. The number of hydrogen-bond acceptors (Lipinski definition) is 2. The van der Waals surface area contributed by atoms with E-state index in [4.69, 9.17) is 0 Å². The summed E-state index contributed by atoms with van der Waals surface area (Å²) in [4.78, 5) is 0. The lowest BCUT2D eigenvalue weighted by Crippen LogP contribution is -2.54. The molecular weight excluding hydrogens is 392 g/mol. The maximum absolute atomic E-state index is 11.3. The Balaban J connectivity index is 1.40. The summed E-state index contributed by atoms with van der Waals surface area (Å²) in [7, 11) is 0. The third-order valence-electron chi connectivity index (χ3n) is 11.1. The smallest absolute Gasteiger partial charge is 0.0757 e. The van der Waals surface area contributed by atoms with Crippen molar-refractivity contribution in [3.05, 3.63) is 11.6 Å². The molecule has 3 fully saturated rings. The average Bonchev–Trinajstić information content (AvgIpc) is 3.09. The first-order valence-electron chi connectivity index (χ1n) is 14.2. The average molecular weight is 445 g/mol. The minimum Gasteiger partial charge on any atom is -0.393 e. The van der Waals surface area contributed by atoms with Gasteiger partial charge in [0.15, 0.2) is 0 Å². The van der Waals surface area contributed by atoms with E-state index in [0.717, 1.165) is 37.0 Å². The standard InChI is InChI=1S/C30H52O2/c1-20(2)10-8-6-7-9-11-21(3)24-12-13-25-28-26(15-17-30(24,25)5)29(4)16-14-23(31)18-22(29)19-27(28)32/h19-21,23-28,31-32H,6-18H2,1-5H3/t21-,23+,24-,25?,26?,27-,28?,29+,30-/m1/s1. The summed E-state index contributed by atoms with van der Waals surface area (Å²) in [5.41, 5.74) is 1.99. The second kappa shape index (κ2) is 9.73. The molecule has 0 aromatic carbocycles. The van der Waals surface area contributed by atoms with Crippen LogP contribution in [0, 0.1) is 46.3 Å². The molecule has 4 rings (SSSR count). The fourth-order valence-electron chi connectivity index (χ4n) is 9.18. The maximum Gasteiger partial charge on any atom is 0.0757 e. The van der Waals surface area contributed by atoms with Crippen LogP contribution < -0.4 is 0 Å². The summed E-state index contributed by atoms with van der Waals surface area (Å²) < 4.78 is 0. The first kappa shape index (κ1) is 24.8. The van der Waals surface area contributed by atoms with Crippen LogP contribution in [0.3, 0.4) is 0 Å². The SMILES string of the molecule is CC(C)CCCCCC[C@@H](C)[C@H]1CCC2C3C(CC[C@@]21C)[C@@]1(C)CC[C@H](O)CC1=C[C@H]3O. The van der Waals surface area contributed by atoms with Crippen LogP contribution in [0.15, 0.2) is 11.6 Å². The molecule has 0 radical (unpaired) electrons. The molecule has 3 saturated carbocycles. The predicted molar refractivity (Wildman–Crippen MR) is 134 cm³/mol. The van der Waals surface area contributed by atoms with Crippen LogP contribution in [-0.2, 0) is 0 Å². The Kier molecular flexibility index (Phi) is 7.53. The first-order valence-corrected chi connectivity index (χ1v) is 14.2. The van der Waals surface area contributed by atoms with E-state index in [9.17, 15) is 10.2 Å². The maximum atomic E-state index is 11.3. The monoisotopic (exact) mass is 444 g/mol. The van der Waals surface area contributed by atoms with Crippen molar-refractivity contribution >= 4 is 0 Å². The summed E-state index contributed by atoms with van der Waals surface area (Å²) in [6.07, 6.45) is 18.2. The highest BCUT2D eigenvalue weighted by atomic mass is 16.3. The van der Waals surface area contributed by atoms with E-state index in [2.05, 4.69) is 40.7 Å². The van der Waals surface area contributed by atoms with Gasteiger partial charge in [-0.15, -0.1) is 0 Å². The van der Waals surface area contributed by atoms with Crippen molar-refractivity contribution in [3.8, 4) is 0 Å². The van der Waals surface area contributed by atoms with Gasteiger partial charge in [0, 0.05) is 0 Å². The van der Waals surface area contributed by atoms with Crippen LogP contribution in [0.1, 0.15) is 118 Å². The second-order valence-corrected chi connectivity index (χ2v) is 13.4. The zero-order valence-electron chi connectivity index (χ0n) is 21.8. The molecule has 4 aliphatic rings. The predicted octanol–water partition coefficient (Wildman–Crippen LogP) is 7.53. The third-order valence-corrected chi connectivity index (χ3v) is 11.1. The molecule has 4 aliphatic carbocycles. The lowest BCUT2D eigenvalue weighted by molar-refractivity contribution is -0.0970. The zero-order valence-corrected chi connectivity index (χ0v) is 21.8. The molecule has 0 bridgehead atoms. The molecule has 0 aromatic heterocycles. The lowest BCUT2D eigenvalue weighted by atomic mass is 9.46. The second-order valence-electron chi connectivity index (χ2n) is 13.4. The Bertz CT molecular complexity index is 668. The van der Waals surface area contributed by atoms with Crippen LogP contribution >= 0.6 is 0 Å². The minimum atomic E-state index is -0.298. The molecule has 2 heteroatoms. The molecule has 184 valence electrons. The molecule has 3 unspecified atom stereocenters. The van der Waals surface area contributed by atoms with E-state index >= 15 is 0 Å². The molecular formula is C30H52O2. The quantitative estimate of drug-likeness (QED) is 0.300. The van der Waals surface area contributed by atoms with Crippen molar-refractivity contribution in [2.75, 3.05) is 0 Å². The number of rotatable bonds is 8. The highest BCUT2D eigenvalue weighted by Crippen LogP contribution is 2.67. The Labute approximate surface area is 198 Å². The van der Waals surface area contributed by atoms with Crippen molar-refractivity contribution in [2.24, 2.45) is 46.3 Å². The first-order chi connectivity index (χ1) is 15.2. The number of fused-ring (bicyclic) bond motifs is 5. The molecule has 0 spiro atoms. The minimum absolute atomic E-state index is 0.200. The molecule has 0 amide bonds. The highest BCUT2D eigenvalue weighted by Gasteiger charge is 2.61.